The second kappa shape index (κ2) is 4.71. The zero-order valence-corrected chi connectivity index (χ0v) is 11.3. The molecule has 1 aromatic carbocycles. The largest absolute Gasteiger partial charge is 0.324 e. The number of hydrogen-bond acceptors (Lipinski definition) is 3. The summed E-state index contributed by atoms with van der Waals surface area (Å²) in [4.78, 5) is 13.8. The van der Waals surface area contributed by atoms with E-state index in [1.807, 2.05) is 27.0 Å². The SMILES string of the molecule is CNCc1ccc2c(c1)CC(=O)N2CC(C)(C)N. The van der Waals surface area contributed by atoms with Crippen LogP contribution in [0.3, 0.4) is 0 Å². The Balaban J connectivity index is 2.26. The van der Waals surface area contributed by atoms with Crippen LogP contribution in [0.2, 0.25) is 0 Å². The molecule has 0 fully saturated rings. The molecule has 1 aromatic rings. The summed E-state index contributed by atoms with van der Waals surface area (Å²) in [6.07, 6.45) is 0.489. The van der Waals surface area contributed by atoms with Crippen LogP contribution in [0.25, 0.3) is 0 Å². The van der Waals surface area contributed by atoms with Crippen LogP contribution >= 0.6 is 0 Å². The molecule has 1 aliphatic heterocycles. The summed E-state index contributed by atoms with van der Waals surface area (Å²) in [6, 6.07) is 6.19. The minimum absolute atomic E-state index is 0.144. The maximum Gasteiger partial charge on any atom is 0.231 e. The predicted molar refractivity (Wildman–Crippen MR) is 73.5 cm³/mol. The molecule has 2 rings (SSSR count). The molecule has 0 radical (unpaired) electrons. The van der Waals surface area contributed by atoms with Gasteiger partial charge in [-0.2, -0.15) is 0 Å². The first-order valence-electron chi connectivity index (χ1n) is 6.26. The van der Waals surface area contributed by atoms with E-state index in [0.29, 0.717) is 13.0 Å². The molecule has 0 atom stereocenters. The van der Waals surface area contributed by atoms with Gasteiger partial charge in [0.2, 0.25) is 5.91 Å². The van der Waals surface area contributed by atoms with Gasteiger partial charge in [-0.1, -0.05) is 12.1 Å². The zero-order chi connectivity index (χ0) is 13.3. The van der Waals surface area contributed by atoms with Gasteiger partial charge in [-0.15, -0.1) is 0 Å². The Kier molecular flexibility index (Phi) is 3.41. The normalized spacial score (nSPS) is 15.1. The Labute approximate surface area is 108 Å². The topological polar surface area (TPSA) is 58.4 Å². The number of amides is 1. The molecule has 0 aromatic heterocycles. The van der Waals surface area contributed by atoms with Gasteiger partial charge in [-0.25, -0.2) is 0 Å². The summed E-state index contributed by atoms with van der Waals surface area (Å²) >= 11 is 0. The van der Waals surface area contributed by atoms with Gasteiger partial charge in [0.05, 0.1) is 6.42 Å². The van der Waals surface area contributed by atoms with E-state index < -0.39 is 0 Å². The molecule has 18 heavy (non-hydrogen) atoms. The highest BCUT2D eigenvalue weighted by molar-refractivity contribution is 6.01. The van der Waals surface area contributed by atoms with Crippen molar-refractivity contribution in [3.63, 3.8) is 0 Å². The third-order valence-electron chi connectivity index (χ3n) is 3.02. The molecule has 1 aliphatic rings. The number of fused-ring (bicyclic) bond motifs is 1. The van der Waals surface area contributed by atoms with Gasteiger partial charge in [0.1, 0.15) is 0 Å². The van der Waals surface area contributed by atoms with E-state index in [-0.39, 0.29) is 11.4 Å². The van der Waals surface area contributed by atoms with Crippen LogP contribution in [0.1, 0.15) is 25.0 Å². The van der Waals surface area contributed by atoms with Crippen LogP contribution in [-0.4, -0.2) is 25.0 Å². The fraction of sp³-hybridized carbons (Fsp3) is 0.500. The van der Waals surface area contributed by atoms with Crippen LogP contribution in [0.4, 0.5) is 5.69 Å². The molecule has 4 nitrogen and oxygen atoms in total. The molecular formula is C14H21N3O. The lowest BCUT2D eigenvalue weighted by Gasteiger charge is -2.27. The van der Waals surface area contributed by atoms with E-state index in [1.54, 1.807) is 4.90 Å². The first kappa shape index (κ1) is 13.1. The van der Waals surface area contributed by atoms with E-state index >= 15 is 0 Å². The maximum absolute atomic E-state index is 12.0. The first-order valence-corrected chi connectivity index (χ1v) is 6.26. The van der Waals surface area contributed by atoms with Gasteiger partial charge >= 0.3 is 0 Å². The Bertz CT molecular complexity index is 463. The molecule has 1 heterocycles. The number of hydrogen-bond donors (Lipinski definition) is 2. The molecule has 4 heteroatoms. The fourth-order valence-electron chi connectivity index (χ4n) is 2.33. The summed E-state index contributed by atoms with van der Waals surface area (Å²) in [5, 5.41) is 3.12. The number of nitrogens with two attached hydrogens (primary N) is 1. The number of nitrogens with zero attached hydrogens (tertiary/aromatic N) is 1. The average Bonchev–Trinajstić information content (AvgIpc) is 2.53. The van der Waals surface area contributed by atoms with Gasteiger partial charge in [-0.3, -0.25) is 4.79 Å². The van der Waals surface area contributed by atoms with Crippen molar-refractivity contribution >= 4 is 11.6 Å². The van der Waals surface area contributed by atoms with Crippen LogP contribution in [0.5, 0.6) is 0 Å². The highest BCUT2D eigenvalue weighted by Gasteiger charge is 2.30. The van der Waals surface area contributed by atoms with Crippen molar-refractivity contribution in [3.05, 3.63) is 29.3 Å². The minimum Gasteiger partial charge on any atom is -0.324 e. The van der Waals surface area contributed by atoms with Crippen molar-refractivity contribution in [1.82, 2.24) is 5.32 Å². The average molecular weight is 247 g/mol. The van der Waals surface area contributed by atoms with Gasteiger partial charge in [-0.05, 0) is 38.1 Å². The third-order valence-corrected chi connectivity index (χ3v) is 3.02. The minimum atomic E-state index is -0.374. The lowest BCUT2D eigenvalue weighted by Crippen LogP contribution is -2.46. The Hall–Kier alpha value is -1.39. The summed E-state index contributed by atoms with van der Waals surface area (Å²) < 4.78 is 0. The van der Waals surface area contributed by atoms with Crippen molar-refractivity contribution in [2.75, 3.05) is 18.5 Å². The third kappa shape index (κ3) is 2.71. The number of carbonyl (C=O) groups excluding carboxylic acids is 1. The second-order valence-corrected chi connectivity index (χ2v) is 5.64. The fourth-order valence-corrected chi connectivity index (χ4v) is 2.33. The number of rotatable bonds is 4. The van der Waals surface area contributed by atoms with Crippen molar-refractivity contribution < 1.29 is 4.79 Å². The van der Waals surface area contributed by atoms with Gasteiger partial charge in [0, 0.05) is 24.3 Å². The smallest absolute Gasteiger partial charge is 0.231 e. The van der Waals surface area contributed by atoms with E-state index in [4.69, 9.17) is 5.73 Å². The van der Waals surface area contributed by atoms with E-state index in [0.717, 1.165) is 17.8 Å². The summed E-state index contributed by atoms with van der Waals surface area (Å²) in [6.45, 7) is 5.26. The van der Waals surface area contributed by atoms with Crippen LogP contribution < -0.4 is 16.0 Å². The quantitative estimate of drug-likeness (QED) is 0.835. The molecular weight excluding hydrogens is 226 g/mol. The van der Waals surface area contributed by atoms with E-state index in [2.05, 4.69) is 17.4 Å². The second-order valence-electron chi connectivity index (χ2n) is 5.64. The van der Waals surface area contributed by atoms with E-state index in [9.17, 15) is 4.79 Å². The molecule has 0 unspecified atom stereocenters. The Morgan fingerprint density at radius 2 is 2.17 bits per heavy atom. The molecule has 0 bridgehead atoms. The monoisotopic (exact) mass is 247 g/mol. The lowest BCUT2D eigenvalue weighted by atomic mass is 10.1. The summed E-state index contributed by atoms with van der Waals surface area (Å²) in [7, 11) is 1.92. The highest BCUT2D eigenvalue weighted by atomic mass is 16.2. The van der Waals surface area contributed by atoms with Crippen LogP contribution in [-0.2, 0) is 17.8 Å². The summed E-state index contributed by atoms with van der Waals surface area (Å²) in [5.74, 6) is 0.144. The molecule has 0 aliphatic carbocycles. The molecule has 1 amide bonds. The van der Waals surface area contributed by atoms with Gasteiger partial charge in [0.15, 0.2) is 0 Å². The van der Waals surface area contributed by atoms with Crippen LogP contribution in [0.15, 0.2) is 18.2 Å². The van der Waals surface area contributed by atoms with Crippen LogP contribution in [0, 0.1) is 0 Å². The summed E-state index contributed by atoms with van der Waals surface area (Å²) in [5.41, 5.74) is 8.96. The number of carbonyl (C=O) groups is 1. The van der Waals surface area contributed by atoms with Crippen molar-refractivity contribution in [1.29, 1.82) is 0 Å². The molecule has 0 saturated carbocycles. The first-order chi connectivity index (χ1) is 8.40. The van der Waals surface area contributed by atoms with Crippen molar-refractivity contribution in [2.45, 2.75) is 32.4 Å². The predicted octanol–water partition coefficient (Wildman–Crippen LogP) is 1.03. The van der Waals surface area contributed by atoms with Crippen molar-refractivity contribution in [3.8, 4) is 0 Å². The molecule has 98 valence electrons. The highest BCUT2D eigenvalue weighted by Crippen LogP contribution is 2.30. The molecule has 3 N–H and O–H groups in total. The lowest BCUT2D eigenvalue weighted by molar-refractivity contribution is -0.117. The van der Waals surface area contributed by atoms with Crippen molar-refractivity contribution in [2.24, 2.45) is 5.73 Å². The van der Waals surface area contributed by atoms with Gasteiger partial charge < -0.3 is 16.0 Å². The van der Waals surface area contributed by atoms with Gasteiger partial charge in [0.25, 0.3) is 0 Å². The Morgan fingerprint density at radius 3 is 2.78 bits per heavy atom. The zero-order valence-electron chi connectivity index (χ0n) is 11.3. The number of nitrogens with one attached hydrogen (secondary N) is 1. The maximum atomic E-state index is 12.0. The number of benzene rings is 1. The number of anilines is 1. The Morgan fingerprint density at radius 1 is 1.44 bits per heavy atom. The molecule has 0 saturated heterocycles. The van der Waals surface area contributed by atoms with E-state index in [1.165, 1.54) is 5.56 Å². The molecule has 0 spiro atoms. The standard InChI is InChI=1S/C14H21N3O/c1-14(2,15)9-17-12-5-4-10(8-16-3)6-11(12)7-13(17)18/h4-6,16H,7-9,15H2,1-3H3.